The number of benzene rings is 1. The van der Waals surface area contributed by atoms with Gasteiger partial charge < -0.3 is 10.1 Å². The van der Waals surface area contributed by atoms with Crippen LogP contribution < -0.4 is 10.1 Å². The van der Waals surface area contributed by atoms with E-state index < -0.39 is 17.9 Å². The third-order valence-corrected chi connectivity index (χ3v) is 3.40. The molecule has 0 aliphatic heterocycles. The van der Waals surface area contributed by atoms with Crippen molar-refractivity contribution in [1.82, 2.24) is 4.90 Å². The van der Waals surface area contributed by atoms with E-state index >= 15 is 0 Å². The number of nitrogens with zero attached hydrogens (tertiary/aromatic N) is 1. The van der Waals surface area contributed by atoms with Crippen LogP contribution in [0.2, 0.25) is 0 Å². The molecule has 1 rings (SSSR count). The summed E-state index contributed by atoms with van der Waals surface area (Å²) in [5, 5.41) is 1.83. The fourth-order valence-electron chi connectivity index (χ4n) is 2.15. The van der Waals surface area contributed by atoms with Gasteiger partial charge in [0.15, 0.2) is 0 Å². The Morgan fingerprint density at radius 3 is 2.00 bits per heavy atom. The Morgan fingerprint density at radius 1 is 1.08 bits per heavy atom. The first-order valence-electron chi connectivity index (χ1n) is 7.66. The molecule has 0 spiro atoms. The highest BCUT2D eigenvalue weighted by Crippen LogP contribution is 2.38. The van der Waals surface area contributed by atoms with Crippen LogP contribution in [-0.2, 0) is 4.79 Å². The molecular weight excluding hydrogens is 328 g/mol. The van der Waals surface area contributed by atoms with E-state index in [4.69, 9.17) is 4.74 Å². The van der Waals surface area contributed by atoms with Gasteiger partial charge in [-0.15, -0.1) is 0 Å². The highest BCUT2D eigenvalue weighted by molar-refractivity contribution is 5.96. The van der Waals surface area contributed by atoms with E-state index in [1.165, 1.54) is 31.4 Å². The minimum absolute atomic E-state index is 0.0196. The summed E-state index contributed by atoms with van der Waals surface area (Å²) in [6.45, 7) is 2.75. The molecule has 1 aromatic carbocycles. The summed E-state index contributed by atoms with van der Waals surface area (Å²) in [4.78, 5) is 12.1. The molecule has 0 saturated carbocycles. The van der Waals surface area contributed by atoms with Crippen LogP contribution in [0.1, 0.15) is 26.7 Å². The van der Waals surface area contributed by atoms with Crippen molar-refractivity contribution in [1.29, 1.82) is 0 Å². The number of nitrogens with one attached hydrogen (secondary N) is 1. The summed E-state index contributed by atoms with van der Waals surface area (Å²) in [6.07, 6.45) is 0.539. The van der Waals surface area contributed by atoms with Crippen LogP contribution in [0.3, 0.4) is 0 Å². The number of carbonyl (C=O) groups is 1. The number of alkyl halides is 4. The molecule has 0 aromatic heterocycles. The molecule has 1 amide bonds. The lowest BCUT2D eigenvalue weighted by atomic mass is 10.2. The quantitative estimate of drug-likeness (QED) is 0.541. The monoisotopic (exact) mass is 350 g/mol. The average molecular weight is 350 g/mol. The molecule has 0 aliphatic carbocycles. The number of ether oxygens (including phenoxy) is 1. The van der Waals surface area contributed by atoms with Gasteiger partial charge in [0, 0.05) is 18.8 Å². The number of amides is 1. The zero-order valence-corrected chi connectivity index (χ0v) is 13.9. The molecular formula is C16H22F4N2O2. The number of rotatable bonds is 9. The maximum absolute atomic E-state index is 14.2. The third kappa shape index (κ3) is 4.37. The molecule has 0 aliphatic rings. The zero-order chi connectivity index (χ0) is 18.4. The summed E-state index contributed by atoms with van der Waals surface area (Å²) in [6, 6.07) is 0.857. The summed E-state index contributed by atoms with van der Waals surface area (Å²) < 4.78 is 61.5. The van der Waals surface area contributed by atoms with Gasteiger partial charge in [-0.3, -0.25) is 4.79 Å². The highest BCUT2D eigenvalue weighted by atomic mass is 19.3. The van der Waals surface area contributed by atoms with Crippen molar-refractivity contribution in [3.8, 4) is 5.75 Å². The van der Waals surface area contributed by atoms with Crippen LogP contribution in [0.4, 0.5) is 23.2 Å². The maximum atomic E-state index is 14.2. The van der Waals surface area contributed by atoms with Crippen LogP contribution in [0, 0.1) is 0 Å². The number of carbonyl (C=O) groups excluding carboxylic acids is 1. The minimum Gasteiger partial charge on any atom is -0.497 e. The van der Waals surface area contributed by atoms with Gasteiger partial charge in [-0.05, 0) is 37.1 Å². The first-order valence-corrected chi connectivity index (χ1v) is 7.66. The maximum Gasteiger partial charge on any atom is 0.400 e. The van der Waals surface area contributed by atoms with Crippen molar-refractivity contribution in [2.24, 2.45) is 0 Å². The van der Waals surface area contributed by atoms with Crippen LogP contribution in [0.5, 0.6) is 5.75 Å². The predicted molar refractivity (Wildman–Crippen MR) is 83.7 cm³/mol. The molecule has 0 atom stereocenters. The Morgan fingerprint density at radius 2 is 1.58 bits per heavy atom. The Hall–Kier alpha value is -1.83. The second kappa shape index (κ2) is 8.32. The lowest BCUT2D eigenvalue weighted by molar-refractivity contribution is -0.271. The average Bonchev–Trinajstić information content (AvgIpc) is 2.55. The van der Waals surface area contributed by atoms with Gasteiger partial charge in [0.1, 0.15) is 5.75 Å². The van der Waals surface area contributed by atoms with Gasteiger partial charge in [-0.2, -0.15) is 17.6 Å². The van der Waals surface area contributed by atoms with Crippen LogP contribution in [0.15, 0.2) is 24.3 Å². The first kappa shape index (κ1) is 20.2. The SMILES string of the molecule is CCCN(CCC)C(F)(F)C(F)(F)C(=O)Nc1ccc(OC)cc1. The Bertz CT molecular complexity index is 529. The molecule has 24 heavy (non-hydrogen) atoms. The second-order valence-corrected chi connectivity index (χ2v) is 5.29. The van der Waals surface area contributed by atoms with Crippen molar-refractivity contribution in [3.05, 3.63) is 24.3 Å². The summed E-state index contributed by atoms with van der Waals surface area (Å²) >= 11 is 0. The van der Waals surface area contributed by atoms with Crippen molar-refractivity contribution < 1.29 is 27.1 Å². The van der Waals surface area contributed by atoms with E-state index in [9.17, 15) is 22.4 Å². The minimum atomic E-state index is -4.86. The Labute approximate surface area is 138 Å². The fourth-order valence-corrected chi connectivity index (χ4v) is 2.15. The first-order chi connectivity index (χ1) is 11.2. The number of hydrogen-bond acceptors (Lipinski definition) is 3. The van der Waals surface area contributed by atoms with Crippen LogP contribution in [0.25, 0.3) is 0 Å². The third-order valence-electron chi connectivity index (χ3n) is 3.40. The number of methoxy groups -OCH3 is 1. The van der Waals surface area contributed by atoms with E-state index in [0.717, 1.165) is 0 Å². The van der Waals surface area contributed by atoms with E-state index in [2.05, 4.69) is 0 Å². The summed E-state index contributed by atoms with van der Waals surface area (Å²) in [5.74, 6) is -6.46. The lowest BCUT2D eigenvalue weighted by Gasteiger charge is -2.35. The van der Waals surface area contributed by atoms with Gasteiger partial charge in [-0.1, -0.05) is 13.8 Å². The predicted octanol–water partition coefficient (Wildman–Crippen LogP) is 3.98. The largest absolute Gasteiger partial charge is 0.497 e. The molecule has 0 fully saturated rings. The molecule has 1 N–H and O–H groups in total. The topological polar surface area (TPSA) is 41.6 Å². The summed E-state index contributed by atoms with van der Waals surface area (Å²) in [5.41, 5.74) is -0.0196. The van der Waals surface area contributed by atoms with E-state index in [0.29, 0.717) is 10.6 Å². The Kier molecular flexibility index (Phi) is 7.01. The molecule has 0 radical (unpaired) electrons. The molecule has 4 nitrogen and oxygen atoms in total. The number of halogens is 4. The standard InChI is InChI=1S/C16H22F4N2O2/c1-4-10-22(11-5-2)16(19,20)15(17,18)14(23)21-12-6-8-13(24-3)9-7-12/h6-9H,4-5,10-11H2,1-3H3,(H,21,23). The van der Waals surface area contributed by atoms with E-state index in [1.807, 2.05) is 5.32 Å². The summed E-state index contributed by atoms with van der Waals surface area (Å²) in [7, 11) is 1.42. The fraction of sp³-hybridized carbons (Fsp3) is 0.562. The van der Waals surface area contributed by atoms with E-state index in [-0.39, 0.29) is 31.6 Å². The van der Waals surface area contributed by atoms with Gasteiger partial charge in [0.05, 0.1) is 7.11 Å². The molecule has 0 heterocycles. The Balaban J connectivity index is 2.95. The molecule has 136 valence electrons. The van der Waals surface area contributed by atoms with Gasteiger partial charge in [0.25, 0.3) is 0 Å². The smallest absolute Gasteiger partial charge is 0.400 e. The number of anilines is 1. The lowest BCUT2D eigenvalue weighted by Crippen LogP contribution is -2.59. The van der Waals surface area contributed by atoms with Crippen molar-refractivity contribution in [3.63, 3.8) is 0 Å². The molecule has 0 bridgehead atoms. The van der Waals surface area contributed by atoms with Crippen molar-refractivity contribution >= 4 is 11.6 Å². The zero-order valence-electron chi connectivity index (χ0n) is 13.9. The normalized spacial score (nSPS) is 12.3. The molecule has 1 aromatic rings. The molecule has 8 heteroatoms. The van der Waals surface area contributed by atoms with Crippen LogP contribution >= 0.6 is 0 Å². The highest BCUT2D eigenvalue weighted by Gasteiger charge is 2.64. The van der Waals surface area contributed by atoms with Gasteiger partial charge in [0.2, 0.25) is 0 Å². The second-order valence-electron chi connectivity index (χ2n) is 5.29. The molecule has 0 saturated heterocycles. The van der Waals surface area contributed by atoms with Gasteiger partial charge in [-0.25, -0.2) is 4.90 Å². The number of hydrogen-bond donors (Lipinski definition) is 1. The van der Waals surface area contributed by atoms with E-state index in [1.54, 1.807) is 13.8 Å². The van der Waals surface area contributed by atoms with Gasteiger partial charge >= 0.3 is 17.9 Å². The molecule has 0 unspecified atom stereocenters. The van der Waals surface area contributed by atoms with Crippen molar-refractivity contribution in [2.45, 2.75) is 38.7 Å². The van der Waals surface area contributed by atoms with Crippen LogP contribution in [-0.4, -0.2) is 43.0 Å². The van der Waals surface area contributed by atoms with Crippen molar-refractivity contribution in [2.75, 3.05) is 25.5 Å².